The van der Waals surface area contributed by atoms with E-state index >= 15 is 0 Å². The molecule has 0 saturated heterocycles. The van der Waals surface area contributed by atoms with E-state index < -0.39 is 0 Å². The molecule has 0 aromatic carbocycles. The summed E-state index contributed by atoms with van der Waals surface area (Å²) >= 11 is 0. The Bertz CT molecular complexity index is 564. The molecule has 0 saturated carbocycles. The maximum atomic E-state index is 3.78. The SMILES string of the molecule is c1ccncc1.c1ccncc1.c1ccncc1.c1ccncc1.c1cncnc1. The zero-order chi connectivity index (χ0) is 21.2. The minimum atomic E-state index is 1.50. The third-order valence-corrected chi connectivity index (χ3v) is 2.74. The van der Waals surface area contributed by atoms with Crippen molar-refractivity contribution in [1.29, 1.82) is 0 Å². The molecule has 0 spiro atoms. The molecule has 0 atom stereocenters. The fraction of sp³-hybridized carbons (Fsp3) is 0. The van der Waals surface area contributed by atoms with Gasteiger partial charge in [-0.15, -0.1) is 0 Å². The predicted octanol–water partition coefficient (Wildman–Crippen LogP) is 4.80. The molecular weight excluding hydrogens is 372 g/mol. The highest BCUT2D eigenvalue weighted by molar-refractivity contribution is 4.90. The van der Waals surface area contributed by atoms with Gasteiger partial charge in [-0.05, 0) is 54.6 Å². The van der Waals surface area contributed by atoms with E-state index in [0.717, 1.165) is 0 Å². The molecule has 0 N–H and O–H groups in total. The molecule has 5 heterocycles. The van der Waals surface area contributed by atoms with Crippen LogP contribution in [0.1, 0.15) is 0 Å². The van der Waals surface area contributed by atoms with Crippen molar-refractivity contribution in [1.82, 2.24) is 29.9 Å². The number of aromatic nitrogens is 6. The van der Waals surface area contributed by atoms with Crippen molar-refractivity contribution in [2.75, 3.05) is 0 Å². The van der Waals surface area contributed by atoms with Crippen molar-refractivity contribution in [3.05, 3.63) is 147 Å². The second-order valence-corrected chi connectivity index (χ2v) is 5.00. The Labute approximate surface area is 177 Å². The van der Waals surface area contributed by atoms with Crippen LogP contribution < -0.4 is 0 Å². The van der Waals surface area contributed by atoms with Gasteiger partial charge in [0.2, 0.25) is 0 Å². The zero-order valence-electron chi connectivity index (χ0n) is 16.5. The van der Waals surface area contributed by atoms with E-state index in [0.29, 0.717) is 0 Å². The van der Waals surface area contributed by atoms with Gasteiger partial charge in [-0.2, -0.15) is 0 Å². The standard InChI is InChI=1S/4C5H5N.C4H4N2/c4*1-2-4-6-5-3-1;1-2-5-4-6-3-1/h4*1-5H;1-4H. The van der Waals surface area contributed by atoms with E-state index in [2.05, 4.69) is 29.9 Å². The van der Waals surface area contributed by atoms with Crippen LogP contribution in [-0.4, -0.2) is 29.9 Å². The molecule has 30 heavy (non-hydrogen) atoms. The molecule has 0 aliphatic rings. The molecule has 0 aliphatic carbocycles. The van der Waals surface area contributed by atoms with Crippen molar-refractivity contribution in [3.63, 3.8) is 0 Å². The second-order valence-electron chi connectivity index (χ2n) is 5.00. The summed E-state index contributed by atoms with van der Waals surface area (Å²) in [7, 11) is 0. The molecule has 5 aromatic rings. The minimum absolute atomic E-state index is 1.50. The molecule has 0 aliphatic heterocycles. The Morgan fingerprint density at radius 1 is 0.200 bits per heavy atom. The fourth-order valence-corrected chi connectivity index (χ4v) is 1.50. The van der Waals surface area contributed by atoms with Crippen molar-refractivity contribution < 1.29 is 0 Å². The van der Waals surface area contributed by atoms with Gasteiger partial charge in [-0.3, -0.25) is 19.9 Å². The molecule has 0 amide bonds. The van der Waals surface area contributed by atoms with Crippen LogP contribution in [-0.2, 0) is 0 Å². The number of nitrogens with zero attached hydrogens (tertiary/aromatic N) is 6. The largest absolute Gasteiger partial charge is 0.265 e. The van der Waals surface area contributed by atoms with E-state index in [-0.39, 0.29) is 0 Å². The molecule has 6 nitrogen and oxygen atoms in total. The van der Waals surface area contributed by atoms with E-state index in [4.69, 9.17) is 0 Å². The highest BCUT2D eigenvalue weighted by Crippen LogP contribution is 1.75. The zero-order valence-corrected chi connectivity index (χ0v) is 16.5. The van der Waals surface area contributed by atoms with Crippen LogP contribution in [0.5, 0.6) is 0 Å². The topological polar surface area (TPSA) is 77.3 Å². The van der Waals surface area contributed by atoms with Crippen LogP contribution in [0.15, 0.2) is 147 Å². The number of hydrogen-bond donors (Lipinski definition) is 0. The molecule has 0 fully saturated rings. The first-order valence-corrected chi connectivity index (χ1v) is 9.10. The lowest BCUT2D eigenvalue weighted by Crippen LogP contribution is -1.66. The van der Waals surface area contributed by atoms with Crippen LogP contribution in [0, 0.1) is 0 Å². The summed E-state index contributed by atoms with van der Waals surface area (Å²) in [6.07, 6.45) is 18.9. The van der Waals surface area contributed by atoms with Crippen LogP contribution in [0.4, 0.5) is 0 Å². The molecule has 0 bridgehead atoms. The van der Waals surface area contributed by atoms with E-state index in [1.807, 2.05) is 72.8 Å². The van der Waals surface area contributed by atoms with Gasteiger partial charge >= 0.3 is 0 Å². The molecule has 0 radical (unpaired) electrons. The predicted molar refractivity (Wildman–Crippen MR) is 119 cm³/mol. The summed E-state index contributed by atoms with van der Waals surface area (Å²) in [5.74, 6) is 0. The second kappa shape index (κ2) is 21.0. The summed E-state index contributed by atoms with van der Waals surface area (Å²) in [5.41, 5.74) is 0. The fourth-order valence-electron chi connectivity index (χ4n) is 1.50. The summed E-state index contributed by atoms with van der Waals surface area (Å²) in [6, 6.07) is 24.6. The summed E-state index contributed by atoms with van der Waals surface area (Å²) in [6.45, 7) is 0. The van der Waals surface area contributed by atoms with Gasteiger partial charge in [0.25, 0.3) is 0 Å². The third kappa shape index (κ3) is 18.5. The first kappa shape index (κ1) is 23.7. The molecule has 5 aromatic heterocycles. The van der Waals surface area contributed by atoms with Gasteiger partial charge in [0.1, 0.15) is 6.33 Å². The third-order valence-electron chi connectivity index (χ3n) is 2.74. The normalized spacial score (nSPS) is 8.00. The quantitative estimate of drug-likeness (QED) is 0.374. The first-order chi connectivity index (χ1) is 15.0. The van der Waals surface area contributed by atoms with Crippen LogP contribution in [0.3, 0.4) is 0 Å². The first-order valence-electron chi connectivity index (χ1n) is 9.10. The molecule has 150 valence electrons. The van der Waals surface area contributed by atoms with E-state index in [9.17, 15) is 0 Å². The summed E-state index contributed by atoms with van der Waals surface area (Å²) < 4.78 is 0. The number of pyridine rings is 4. The lowest BCUT2D eigenvalue weighted by Gasteiger charge is -1.70. The Hall–Kier alpha value is -4.32. The van der Waals surface area contributed by atoms with Gasteiger partial charge < -0.3 is 0 Å². The molecule has 6 heteroatoms. The molecule has 0 unspecified atom stereocenters. The minimum Gasteiger partial charge on any atom is -0.265 e. The Morgan fingerprint density at radius 2 is 0.433 bits per heavy atom. The van der Waals surface area contributed by atoms with Crippen LogP contribution in [0.25, 0.3) is 0 Å². The van der Waals surface area contributed by atoms with Crippen molar-refractivity contribution in [2.45, 2.75) is 0 Å². The van der Waals surface area contributed by atoms with Crippen molar-refractivity contribution in [3.8, 4) is 0 Å². The van der Waals surface area contributed by atoms with Gasteiger partial charge in [-0.25, -0.2) is 9.97 Å². The lowest BCUT2D eigenvalue weighted by atomic mass is 10.5. The van der Waals surface area contributed by atoms with Crippen LogP contribution >= 0.6 is 0 Å². The van der Waals surface area contributed by atoms with Gasteiger partial charge in [0.15, 0.2) is 0 Å². The highest BCUT2D eigenvalue weighted by Gasteiger charge is 1.61. The van der Waals surface area contributed by atoms with E-state index in [1.54, 1.807) is 68.0 Å². The Kier molecular flexibility index (Phi) is 16.6. The van der Waals surface area contributed by atoms with E-state index in [1.165, 1.54) is 6.33 Å². The number of hydrogen-bond acceptors (Lipinski definition) is 6. The smallest absolute Gasteiger partial charge is 0.115 e. The average molecular weight is 396 g/mol. The summed E-state index contributed by atoms with van der Waals surface area (Å²) in [5, 5.41) is 0. The number of rotatable bonds is 0. The molecular formula is C24H24N6. The lowest BCUT2D eigenvalue weighted by molar-refractivity contribution is 1.17. The van der Waals surface area contributed by atoms with Crippen LogP contribution in [0.2, 0.25) is 0 Å². The average Bonchev–Trinajstić information content (AvgIpc) is 2.91. The Balaban J connectivity index is 0.000000187. The molecule has 5 rings (SSSR count). The van der Waals surface area contributed by atoms with Gasteiger partial charge in [0, 0.05) is 62.0 Å². The van der Waals surface area contributed by atoms with Crippen molar-refractivity contribution in [2.24, 2.45) is 0 Å². The maximum Gasteiger partial charge on any atom is 0.115 e. The van der Waals surface area contributed by atoms with Crippen molar-refractivity contribution >= 4 is 0 Å². The van der Waals surface area contributed by atoms with Gasteiger partial charge in [0.05, 0.1) is 0 Å². The van der Waals surface area contributed by atoms with Gasteiger partial charge in [-0.1, -0.05) is 24.3 Å². The maximum absolute atomic E-state index is 3.78. The Morgan fingerprint density at radius 3 is 0.500 bits per heavy atom. The summed E-state index contributed by atoms with van der Waals surface area (Å²) in [4.78, 5) is 22.5. The monoisotopic (exact) mass is 396 g/mol. The highest BCUT2D eigenvalue weighted by atomic mass is 14.8.